The summed E-state index contributed by atoms with van der Waals surface area (Å²) in [5, 5.41) is 16.4. The summed E-state index contributed by atoms with van der Waals surface area (Å²) in [5.41, 5.74) is 3.62. The van der Waals surface area contributed by atoms with Crippen molar-refractivity contribution in [3.8, 4) is 0 Å². The molecule has 0 unspecified atom stereocenters. The highest BCUT2D eigenvalue weighted by molar-refractivity contribution is 6.04. The molecule has 0 spiro atoms. The molecule has 0 aromatic heterocycles. The van der Waals surface area contributed by atoms with Crippen LogP contribution in [0, 0.1) is 11.3 Å². The molecule has 2 aliphatic carbocycles. The quantitative estimate of drug-likeness (QED) is 0.564. The molecule has 15 heavy (non-hydrogen) atoms. The summed E-state index contributed by atoms with van der Waals surface area (Å²) in [6.07, 6.45) is 2.60. The zero-order chi connectivity index (χ0) is 11.6. The molecule has 0 heterocycles. The van der Waals surface area contributed by atoms with E-state index in [1.54, 1.807) is 0 Å². The van der Waals surface area contributed by atoms with Crippen molar-refractivity contribution in [3.05, 3.63) is 0 Å². The molecule has 0 aromatic carbocycles. The van der Waals surface area contributed by atoms with Gasteiger partial charge >= 0.3 is 11.9 Å². The van der Waals surface area contributed by atoms with Crippen LogP contribution in [0.1, 0.15) is 25.7 Å². The molecule has 0 aliphatic heterocycles. The zero-order valence-electron chi connectivity index (χ0n) is 8.10. The number of hydrogen-bond acceptors (Lipinski definition) is 3. The molecule has 6 nitrogen and oxygen atoms in total. The second kappa shape index (κ2) is 3.88. The average molecular weight is 215 g/mol. The standard InChI is InChI=1S/C5H7NO3.C4H6O2/c6-3(7)5(1-2-5)4(8)9;5-4(6)3-1-2-3/h1-2H2,(H2,6,7)(H,8,9);3H,1-2H2,(H,5,6). The monoisotopic (exact) mass is 215 g/mol. The summed E-state index contributed by atoms with van der Waals surface area (Å²) in [4.78, 5) is 30.4. The Morgan fingerprint density at radius 1 is 1.13 bits per heavy atom. The number of hydrogen-bond donors (Lipinski definition) is 3. The lowest BCUT2D eigenvalue weighted by atomic mass is 10.1. The SMILES string of the molecule is NC(=O)C1(C(=O)O)CC1.O=C(O)C1CC1. The number of primary amides is 1. The Morgan fingerprint density at radius 3 is 1.60 bits per heavy atom. The van der Waals surface area contributed by atoms with E-state index in [0.29, 0.717) is 12.8 Å². The predicted molar refractivity (Wildman–Crippen MR) is 48.9 cm³/mol. The number of carboxylic acid groups (broad SMARTS) is 2. The van der Waals surface area contributed by atoms with E-state index in [1.807, 2.05) is 0 Å². The predicted octanol–water partition coefficient (Wildman–Crippen LogP) is -0.183. The summed E-state index contributed by atoms with van der Waals surface area (Å²) in [6.45, 7) is 0. The molecule has 0 atom stereocenters. The van der Waals surface area contributed by atoms with E-state index in [1.165, 1.54) is 0 Å². The minimum atomic E-state index is -1.19. The van der Waals surface area contributed by atoms with Crippen LogP contribution in [0.4, 0.5) is 0 Å². The first-order chi connectivity index (χ1) is 6.90. The van der Waals surface area contributed by atoms with E-state index in [0.717, 1.165) is 12.8 Å². The van der Waals surface area contributed by atoms with Gasteiger partial charge in [-0.05, 0) is 25.7 Å². The number of aliphatic carboxylic acids is 2. The normalized spacial score (nSPS) is 20.8. The van der Waals surface area contributed by atoms with Crippen LogP contribution in [0.15, 0.2) is 0 Å². The summed E-state index contributed by atoms with van der Waals surface area (Å²) in [5.74, 6) is -2.41. The summed E-state index contributed by atoms with van der Waals surface area (Å²) >= 11 is 0. The molecular weight excluding hydrogens is 202 g/mol. The molecule has 4 N–H and O–H groups in total. The Kier molecular flexibility index (Phi) is 2.97. The highest BCUT2D eigenvalue weighted by Gasteiger charge is 2.55. The Bertz CT molecular complexity index is 288. The maximum Gasteiger partial charge on any atom is 0.319 e. The number of rotatable bonds is 3. The first kappa shape index (κ1) is 11.5. The zero-order valence-corrected chi connectivity index (χ0v) is 8.10. The smallest absolute Gasteiger partial charge is 0.319 e. The maximum absolute atomic E-state index is 10.4. The number of carbonyl (C=O) groups is 3. The van der Waals surface area contributed by atoms with Crippen LogP contribution in [0.5, 0.6) is 0 Å². The molecule has 0 aromatic rings. The fraction of sp³-hybridized carbons (Fsp3) is 0.667. The van der Waals surface area contributed by atoms with Crippen LogP contribution in [0.25, 0.3) is 0 Å². The van der Waals surface area contributed by atoms with Gasteiger partial charge in [0.05, 0.1) is 5.92 Å². The van der Waals surface area contributed by atoms with Crippen molar-refractivity contribution >= 4 is 17.8 Å². The van der Waals surface area contributed by atoms with E-state index in [2.05, 4.69) is 0 Å². The molecule has 0 bridgehead atoms. The second-order valence-electron chi connectivity index (χ2n) is 3.86. The summed E-state index contributed by atoms with van der Waals surface area (Å²) < 4.78 is 0. The summed E-state index contributed by atoms with van der Waals surface area (Å²) in [6, 6.07) is 0. The molecule has 2 rings (SSSR count). The first-order valence-electron chi connectivity index (χ1n) is 4.66. The van der Waals surface area contributed by atoms with Gasteiger partial charge in [-0.1, -0.05) is 0 Å². The van der Waals surface area contributed by atoms with Crippen LogP contribution in [0.2, 0.25) is 0 Å². The molecule has 2 saturated carbocycles. The van der Waals surface area contributed by atoms with Gasteiger partial charge in [0, 0.05) is 0 Å². The van der Waals surface area contributed by atoms with Crippen molar-refractivity contribution < 1.29 is 24.6 Å². The van der Waals surface area contributed by atoms with Crippen molar-refractivity contribution in [2.45, 2.75) is 25.7 Å². The Hall–Kier alpha value is -1.59. The van der Waals surface area contributed by atoms with Crippen LogP contribution in [-0.2, 0) is 14.4 Å². The maximum atomic E-state index is 10.4. The highest BCUT2D eigenvalue weighted by Crippen LogP contribution is 2.45. The number of nitrogens with two attached hydrogens (primary N) is 1. The fourth-order valence-corrected chi connectivity index (χ4v) is 1.02. The molecule has 6 heteroatoms. The van der Waals surface area contributed by atoms with E-state index in [-0.39, 0.29) is 5.92 Å². The van der Waals surface area contributed by atoms with Crippen LogP contribution in [-0.4, -0.2) is 28.1 Å². The third kappa shape index (κ3) is 2.68. The van der Waals surface area contributed by atoms with Crippen LogP contribution in [0.3, 0.4) is 0 Å². The molecule has 0 radical (unpaired) electrons. The number of amides is 1. The minimum absolute atomic E-state index is 0.0185. The summed E-state index contributed by atoms with van der Waals surface area (Å²) in [7, 11) is 0. The van der Waals surface area contributed by atoms with Crippen molar-refractivity contribution in [2.75, 3.05) is 0 Å². The molecule has 2 fully saturated rings. The first-order valence-corrected chi connectivity index (χ1v) is 4.66. The Balaban J connectivity index is 0.000000162. The molecule has 84 valence electrons. The Labute approximate surface area is 86.1 Å². The molecule has 1 amide bonds. The van der Waals surface area contributed by atoms with Crippen molar-refractivity contribution in [1.29, 1.82) is 0 Å². The van der Waals surface area contributed by atoms with Gasteiger partial charge in [-0.15, -0.1) is 0 Å². The van der Waals surface area contributed by atoms with E-state index >= 15 is 0 Å². The highest BCUT2D eigenvalue weighted by atomic mass is 16.4. The minimum Gasteiger partial charge on any atom is -0.481 e. The van der Waals surface area contributed by atoms with Crippen molar-refractivity contribution in [1.82, 2.24) is 0 Å². The van der Waals surface area contributed by atoms with Gasteiger partial charge in [0.15, 0.2) is 0 Å². The lowest BCUT2D eigenvalue weighted by Gasteiger charge is -2.00. The van der Waals surface area contributed by atoms with E-state index in [9.17, 15) is 14.4 Å². The van der Waals surface area contributed by atoms with Gasteiger partial charge in [0.1, 0.15) is 5.41 Å². The van der Waals surface area contributed by atoms with Crippen LogP contribution < -0.4 is 5.73 Å². The topological polar surface area (TPSA) is 118 Å². The van der Waals surface area contributed by atoms with Crippen LogP contribution >= 0.6 is 0 Å². The van der Waals surface area contributed by atoms with Crippen molar-refractivity contribution in [3.63, 3.8) is 0 Å². The van der Waals surface area contributed by atoms with Crippen molar-refractivity contribution in [2.24, 2.45) is 17.1 Å². The Morgan fingerprint density at radius 2 is 1.60 bits per heavy atom. The van der Waals surface area contributed by atoms with E-state index < -0.39 is 23.3 Å². The third-order valence-electron chi connectivity index (χ3n) is 2.56. The van der Waals surface area contributed by atoms with Gasteiger partial charge in [0.2, 0.25) is 5.91 Å². The van der Waals surface area contributed by atoms with E-state index in [4.69, 9.17) is 15.9 Å². The van der Waals surface area contributed by atoms with Gasteiger partial charge < -0.3 is 15.9 Å². The second-order valence-corrected chi connectivity index (χ2v) is 3.86. The molecular formula is C9H13NO5. The third-order valence-corrected chi connectivity index (χ3v) is 2.56. The van der Waals surface area contributed by atoms with Gasteiger partial charge in [-0.2, -0.15) is 0 Å². The number of carbonyl (C=O) groups excluding carboxylic acids is 1. The average Bonchev–Trinajstić information content (AvgIpc) is 3.01. The van der Waals surface area contributed by atoms with Gasteiger partial charge in [-0.3, -0.25) is 14.4 Å². The largest absolute Gasteiger partial charge is 0.481 e. The van der Waals surface area contributed by atoms with Gasteiger partial charge in [0.25, 0.3) is 0 Å². The lowest BCUT2D eigenvalue weighted by molar-refractivity contribution is -0.148. The van der Waals surface area contributed by atoms with Gasteiger partial charge in [-0.25, -0.2) is 0 Å². The molecule has 0 saturated heterocycles. The fourth-order valence-electron chi connectivity index (χ4n) is 1.02. The number of carboxylic acids is 2. The lowest BCUT2D eigenvalue weighted by Crippen LogP contribution is -2.31. The molecule has 2 aliphatic rings.